The number of carbonyl (C=O) groups is 1. The Morgan fingerprint density at radius 3 is 2.74 bits per heavy atom. The zero-order valence-corrected chi connectivity index (χ0v) is 11.0. The second-order valence-electron chi connectivity index (χ2n) is 4.44. The van der Waals surface area contributed by atoms with Crippen molar-refractivity contribution < 1.29 is 4.79 Å². The van der Waals surface area contributed by atoms with Crippen molar-refractivity contribution in [2.24, 2.45) is 0 Å². The summed E-state index contributed by atoms with van der Waals surface area (Å²) in [6.45, 7) is 0.327. The van der Waals surface area contributed by atoms with Crippen LogP contribution in [0.15, 0.2) is 60.8 Å². The van der Waals surface area contributed by atoms with Crippen molar-refractivity contribution in [3.8, 4) is 0 Å². The van der Waals surface area contributed by atoms with Crippen molar-refractivity contribution in [2.45, 2.75) is 6.54 Å². The molecule has 19 heavy (non-hydrogen) atoms. The highest BCUT2D eigenvalue weighted by atomic mass is 35.5. The number of carbonyl (C=O) groups excluding carboxylic acids is 1. The molecule has 0 aliphatic carbocycles. The number of benzene rings is 2. The predicted octanol–water partition coefficient (Wildman–Crippen LogP) is 4.18. The lowest BCUT2D eigenvalue weighted by Crippen LogP contribution is -2.09. The van der Waals surface area contributed by atoms with Crippen molar-refractivity contribution in [1.29, 1.82) is 0 Å². The van der Waals surface area contributed by atoms with Gasteiger partial charge in [0.2, 0.25) is 0 Å². The number of halogens is 1. The minimum Gasteiger partial charge on any atom is -0.340 e. The molecule has 0 atom stereocenters. The number of hydrogen-bond donors (Lipinski definition) is 0. The summed E-state index contributed by atoms with van der Waals surface area (Å²) in [6, 6.07) is 17.1. The fourth-order valence-electron chi connectivity index (χ4n) is 2.19. The Kier molecular flexibility index (Phi) is 3.10. The third kappa shape index (κ3) is 2.40. The molecule has 1 aromatic heterocycles. The third-order valence-electron chi connectivity index (χ3n) is 3.14. The molecule has 1 heterocycles. The first-order valence-electron chi connectivity index (χ1n) is 6.07. The van der Waals surface area contributed by atoms with E-state index in [4.69, 9.17) is 11.6 Å². The van der Waals surface area contributed by atoms with Crippen LogP contribution >= 0.6 is 11.6 Å². The van der Waals surface area contributed by atoms with Gasteiger partial charge in [0.05, 0.1) is 6.54 Å². The molecule has 2 nitrogen and oxygen atoms in total. The van der Waals surface area contributed by atoms with E-state index in [-0.39, 0.29) is 5.78 Å². The van der Waals surface area contributed by atoms with Crippen LogP contribution in [-0.2, 0) is 6.54 Å². The number of ketones is 1. The molecule has 94 valence electrons. The van der Waals surface area contributed by atoms with Crippen LogP contribution in [-0.4, -0.2) is 10.4 Å². The molecule has 0 amide bonds. The van der Waals surface area contributed by atoms with Crippen LogP contribution in [0, 0.1) is 0 Å². The quantitative estimate of drug-likeness (QED) is 0.654. The van der Waals surface area contributed by atoms with Gasteiger partial charge in [-0.1, -0.05) is 41.9 Å². The topological polar surface area (TPSA) is 22.0 Å². The lowest BCUT2D eigenvalue weighted by atomic mass is 10.1. The molecular formula is C16H12ClNO. The molecule has 3 rings (SSSR count). The number of nitrogens with zero attached hydrogens (tertiary/aromatic N) is 1. The van der Waals surface area contributed by atoms with Crippen molar-refractivity contribution in [3.63, 3.8) is 0 Å². The zero-order chi connectivity index (χ0) is 13.2. The fraction of sp³-hybridized carbons (Fsp3) is 0.0625. The maximum atomic E-state index is 12.2. The van der Waals surface area contributed by atoms with Crippen molar-refractivity contribution in [1.82, 2.24) is 4.57 Å². The van der Waals surface area contributed by atoms with Crippen LogP contribution in [0.2, 0.25) is 5.02 Å². The standard InChI is InChI=1S/C16H12ClNO/c17-14-6-3-5-13(10-14)16(19)11-18-9-8-12-4-1-2-7-15(12)18/h1-10H,11H2. The SMILES string of the molecule is O=C(Cn1ccc2ccccc21)c1cccc(Cl)c1. The lowest BCUT2D eigenvalue weighted by molar-refractivity contribution is 0.0973. The molecule has 0 unspecified atom stereocenters. The Balaban J connectivity index is 1.91. The normalized spacial score (nSPS) is 10.8. The Morgan fingerprint density at radius 2 is 1.89 bits per heavy atom. The van der Waals surface area contributed by atoms with Crippen LogP contribution in [0.1, 0.15) is 10.4 Å². The van der Waals surface area contributed by atoms with Crippen LogP contribution in [0.25, 0.3) is 10.9 Å². The second-order valence-corrected chi connectivity index (χ2v) is 4.87. The average Bonchev–Trinajstić information content (AvgIpc) is 2.82. The molecule has 3 aromatic rings. The number of rotatable bonds is 3. The van der Waals surface area contributed by atoms with Gasteiger partial charge in [0.15, 0.2) is 5.78 Å². The fourth-order valence-corrected chi connectivity index (χ4v) is 2.38. The van der Waals surface area contributed by atoms with E-state index >= 15 is 0 Å². The summed E-state index contributed by atoms with van der Waals surface area (Å²) in [7, 11) is 0. The van der Waals surface area contributed by atoms with Crippen molar-refractivity contribution in [2.75, 3.05) is 0 Å². The number of aromatic nitrogens is 1. The lowest BCUT2D eigenvalue weighted by Gasteiger charge is -2.05. The van der Waals surface area contributed by atoms with Gasteiger partial charge in [-0.3, -0.25) is 4.79 Å². The molecule has 2 aromatic carbocycles. The summed E-state index contributed by atoms with van der Waals surface area (Å²) in [5, 5.41) is 1.73. The Bertz CT molecular complexity index is 745. The van der Waals surface area contributed by atoms with Gasteiger partial charge in [0.25, 0.3) is 0 Å². The molecule has 0 bridgehead atoms. The monoisotopic (exact) mass is 269 g/mol. The van der Waals surface area contributed by atoms with Gasteiger partial charge in [-0.2, -0.15) is 0 Å². The molecule has 0 aliphatic rings. The highest BCUT2D eigenvalue weighted by Crippen LogP contribution is 2.17. The molecular weight excluding hydrogens is 258 g/mol. The summed E-state index contributed by atoms with van der Waals surface area (Å²) in [4.78, 5) is 12.2. The molecule has 0 aliphatic heterocycles. The van der Waals surface area contributed by atoms with Crippen molar-refractivity contribution >= 4 is 28.3 Å². The van der Waals surface area contributed by atoms with E-state index in [2.05, 4.69) is 0 Å². The second kappa shape index (κ2) is 4.90. The van der Waals surface area contributed by atoms with E-state index in [1.54, 1.807) is 24.3 Å². The molecule has 0 fully saturated rings. The number of fused-ring (bicyclic) bond motifs is 1. The van der Waals surface area contributed by atoms with Gasteiger partial charge in [-0.15, -0.1) is 0 Å². The highest BCUT2D eigenvalue weighted by Gasteiger charge is 2.08. The summed E-state index contributed by atoms with van der Waals surface area (Å²) >= 11 is 5.91. The van der Waals surface area contributed by atoms with Crippen molar-refractivity contribution in [3.05, 3.63) is 71.4 Å². The van der Waals surface area contributed by atoms with Crippen LogP contribution < -0.4 is 0 Å². The Labute approximate surface area is 116 Å². The van der Waals surface area contributed by atoms with E-state index in [0.29, 0.717) is 17.1 Å². The minimum absolute atomic E-state index is 0.0591. The van der Waals surface area contributed by atoms with E-state index < -0.39 is 0 Å². The van der Waals surface area contributed by atoms with E-state index in [9.17, 15) is 4.79 Å². The number of hydrogen-bond acceptors (Lipinski definition) is 1. The van der Waals surface area contributed by atoms with E-state index in [1.807, 2.05) is 41.1 Å². The maximum absolute atomic E-state index is 12.2. The van der Waals surface area contributed by atoms with Crippen LogP contribution in [0.5, 0.6) is 0 Å². The van der Waals surface area contributed by atoms with Crippen LogP contribution in [0.4, 0.5) is 0 Å². The smallest absolute Gasteiger partial charge is 0.182 e. The molecule has 0 N–H and O–H groups in total. The first kappa shape index (κ1) is 12.0. The molecule has 0 spiro atoms. The van der Waals surface area contributed by atoms with E-state index in [0.717, 1.165) is 10.9 Å². The molecule has 0 radical (unpaired) electrons. The largest absolute Gasteiger partial charge is 0.340 e. The van der Waals surface area contributed by atoms with Gasteiger partial charge in [0, 0.05) is 22.3 Å². The Morgan fingerprint density at radius 1 is 1.05 bits per heavy atom. The highest BCUT2D eigenvalue weighted by molar-refractivity contribution is 6.31. The average molecular weight is 270 g/mol. The summed E-state index contributed by atoms with van der Waals surface area (Å²) in [6.07, 6.45) is 1.94. The third-order valence-corrected chi connectivity index (χ3v) is 3.38. The number of para-hydroxylation sites is 1. The van der Waals surface area contributed by atoms with Gasteiger partial charge in [-0.25, -0.2) is 0 Å². The maximum Gasteiger partial charge on any atom is 0.182 e. The van der Waals surface area contributed by atoms with Gasteiger partial charge >= 0.3 is 0 Å². The van der Waals surface area contributed by atoms with Gasteiger partial charge in [0.1, 0.15) is 0 Å². The summed E-state index contributed by atoms with van der Waals surface area (Å²) in [5.41, 5.74) is 1.71. The number of Topliss-reactive ketones (excluding diaryl/α,β-unsaturated/α-hetero) is 1. The van der Waals surface area contributed by atoms with Crippen LogP contribution in [0.3, 0.4) is 0 Å². The van der Waals surface area contributed by atoms with E-state index in [1.165, 1.54) is 0 Å². The Hall–Kier alpha value is -2.06. The summed E-state index contributed by atoms with van der Waals surface area (Å²) < 4.78 is 1.96. The minimum atomic E-state index is 0.0591. The zero-order valence-electron chi connectivity index (χ0n) is 10.2. The molecule has 0 saturated carbocycles. The van der Waals surface area contributed by atoms with Gasteiger partial charge < -0.3 is 4.57 Å². The molecule has 3 heteroatoms. The molecule has 0 saturated heterocycles. The first-order valence-corrected chi connectivity index (χ1v) is 6.44. The van der Waals surface area contributed by atoms with Gasteiger partial charge in [-0.05, 0) is 29.7 Å². The summed E-state index contributed by atoms with van der Waals surface area (Å²) in [5.74, 6) is 0.0591. The predicted molar refractivity (Wildman–Crippen MR) is 77.7 cm³/mol. The first-order chi connectivity index (χ1) is 9.24.